The van der Waals surface area contributed by atoms with Crippen LogP contribution in [0.5, 0.6) is 0 Å². The molecule has 2 N–H and O–H groups in total. The quantitative estimate of drug-likeness (QED) is 0.767. The second-order valence-electron chi connectivity index (χ2n) is 5.83. The number of carbonyl (C=O) groups is 1. The Morgan fingerprint density at radius 1 is 1.39 bits per heavy atom. The summed E-state index contributed by atoms with van der Waals surface area (Å²) in [5.74, 6) is 0.944. The Morgan fingerprint density at radius 2 is 2.28 bits per heavy atom. The monoisotopic (exact) mass is 253 g/mol. The van der Waals surface area contributed by atoms with Gasteiger partial charge in [0.05, 0.1) is 0 Å². The van der Waals surface area contributed by atoms with Gasteiger partial charge in [-0.1, -0.05) is 0 Å². The molecule has 2 fully saturated rings. The van der Waals surface area contributed by atoms with E-state index in [1.165, 1.54) is 32.2 Å². The van der Waals surface area contributed by atoms with E-state index in [1.54, 1.807) is 0 Å². The number of nitrogens with one attached hydrogen (secondary N) is 2. The van der Waals surface area contributed by atoms with Gasteiger partial charge in [-0.3, -0.25) is 4.79 Å². The van der Waals surface area contributed by atoms with E-state index in [0.717, 1.165) is 26.1 Å². The Balaban J connectivity index is 1.57. The van der Waals surface area contributed by atoms with Gasteiger partial charge < -0.3 is 15.5 Å². The van der Waals surface area contributed by atoms with Gasteiger partial charge in [-0.05, 0) is 64.7 Å². The van der Waals surface area contributed by atoms with Crippen LogP contribution in [-0.2, 0) is 4.79 Å². The minimum Gasteiger partial charge on any atom is -0.355 e. The van der Waals surface area contributed by atoms with Gasteiger partial charge in [0, 0.05) is 19.0 Å². The fourth-order valence-corrected chi connectivity index (χ4v) is 3.06. The number of hydrogen-bond acceptors (Lipinski definition) is 3. The van der Waals surface area contributed by atoms with Gasteiger partial charge in [0.1, 0.15) is 0 Å². The highest BCUT2D eigenvalue weighted by Crippen LogP contribution is 2.16. The fraction of sp³-hybridized carbons (Fsp3) is 0.929. The normalized spacial score (nSPS) is 29.4. The van der Waals surface area contributed by atoms with Gasteiger partial charge in [-0.25, -0.2) is 0 Å². The average Bonchev–Trinajstić information content (AvgIpc) is 2.81. The van der Waals surface area contributed by atoms with Crippen LogP contribution in [0.15, 0.2) is 0 Å². The maximum absolute atomic E-state index is 11.8. The Hall–Kier alpha value is -0.610. The minimum atomic E-state index is 0.237. The van der Waals surface area contributed by atoms with E-state index in [9.17, 15) is 4.79 Å². The molecular formula is C14H27N3O. The zero-order valence-corrected chi connectivity index (χ0v) is 11.6. The summed E-state index contributed by atoms with van der Waals surface area (Å²) >= 11 is 0. The topological polar surface area (TPSA) is 44.4 Å². The van der Waals surface area contributed by atoms with Gasteiger partial charge in [0.2, 0.25) is 5.91 Å². The first-order valence-electron chi connectivity index (χ1n) is 7.43. The van der Waals surface area contributed by atoms with Crippen molar-refractivity contribution in [2.45, 2.75) is 44.6 Å². The van der Waals surface area contributed by atoms with Crippen LogP contribution in [0, 0.1) is 5.92 Å². The smallest absolute Gasteiger partial charge is 0.220 e. The molecule has 0 aromatic rings. The van der Waals surface area contributed by atoms with E-state index in [-0.39, 0.29) is 5.91 Å². The van der Waals surface area contributed by atoms with E-state index < -0.39 is 0 Å². The van der Waals surface area contributed by atoms with Gasteiger partial charge in [0.15, 0.2) is 0 Å². The SMILES string of the molecule is CN1CCCC1CNC(=O)CCC1CCCNC1. The van der Waals surface area contributed by atoms with Crippen LogP contribution in [-0.4, -0.2) is 50.1 Å². The minimum absolute atomic E-state index is 0.237. The molecule has 2 heterocycles. The molecular weight excluding hydrogens is 226 g/mol. The number of rotatable bonds is 5. The standard InChI is InChI=1S/C14H27N3O/c1-17-9-3-5-13(17)11-16-14(18)7-6-12-4-2-8-15-10-12/h12-13,15H,2-11H2,1H3,(H,16,18). The summed E-state index contributed by atoms with van der Waals surface area (Å²) in [4.78, 5) is 14.2. The number of amides is 1. The van der Waals surface area contributed by atoms with E-state index >= 15 is 0 Å². The van der Waals surface area contributed by atoms with Crippen molar-refractivity contribution >= 4 is 5.91 Å². The van der Waals surface area contributed by atoms with Crippen molar-refractivity contribution < 1.29 is 4.79 Å². The lowest BCUT2D eigenvalue weighted by Gasteiger charge is -2.23. The molecule has 0 aliphatic carbocycles. The van der Waals surface area contributed by atoms with E-state index in [0.29, 0.717) is 18.4 Å². The second-order valence-corrected chi connectivity index (χ2v) is 5.83. The number of carbonyl (C=O) groups excluding carboxylic acids is 1. The molecule has 0 radical (unpaired) electrons. The van der Waals surface area contributed by atoms with E-state index in [2.05, 4.69) is 22.6 Å². The van der Waals surface area contributed by atoms with Gasteiger partial charge in [-0.2, -0.15) is 0 Å². The summed E-state index contributed by atoms with van der Waals surface area (Å²) in [6.07, 6.45) is 6.78. The van der Waals surface area contributed by atoms with E-state index in [1.807, 2.05) is 0 Å². The summed E-state index contributed by atoms with van der Waals surface area (Å²) in [5, 5.41) is 6.50. The first-order chi connectivity index (χ1) is 8.75. The Morgan fingerprint density at radius 3 is 2.94 bits per heavy atom. The lowest BCUT2D eigenvalue weighted by Crippen LogP contribution is -2.38. The highest BCUT2D eigenvalue weighted by molar-refractivity contribution is 5.75. The van der Waals surface area contributed by atoms with Crippen molar-refractivity contribution in [2.24, 2.45) is 5.92 Å². The largest absolute Gasteiger partial charge is 0.355 e. The maximum Gasteiger partial charge on any atom is 0.220 e. The molecule has 2 aliphatic heterocycles. The lowest BCUT2D eigenvalue weighted by atomic mass is 9.94. The summed E-state index contributed by atoms with van der Waals surface area (Å²) in [6.45, 7) is 4.25. The van der Waals surface area contributed by atoms with Crippen LogP contribution in [0.25, 0.3) is 0 Å². The molecule has 2 aliphatic rings. The molecule has 0 bridgehead atoms. The first-order valence-corrected chi connectivity index (χ1v) is 7.43. The number of hydrogen-bond donors (Lipinski definition) is 2. The summed E-state index contributed by atoms with van der Waals surface area (Å²) in [5.41, 5.74) is 0. The second kappa shape index (κ2) is 7.10. The van der Waals surface area contributed by atoms with Crippen LogP contribution in [0.4, 0.5) is 0 Å². The third-order valence-corrected chi connectivity index (χ3v) is 4.38. The Labute approximate surface area is 110 Å². The van der Waals surface area contributed by atoms with Crippen molar-refractivity contribution in [3.05, 3.63) is 0 Å². The molecule has 104 valence electrons. The van der Waals surface area contributed by atoms with Crippen LogP contribution in [0.1, 0.15) is 38.5 Å². The predicted octanol–water partition coefficient (Wildman–Crippen LogP) is 0.977. The van der Waals surface area contributed by atoms with Gasteiger partial charge in [0.25, 0.3) is 0 Å². The molecule has 2 saturated heterocycles. The molecule has 18 heavy (non-hydrogen) atoms. The highest BCUT2D eigenvalue weighted by Gasteiger charge is 2.21. The molecule has 0 aromatic heterocycles. The molecule has 2 unspecified atom stereocenters. The zero-order valence-electron chi connectivity index (χ0n) is 11.6. The molecule has 0 aromatic carbocycles. The van der Waals surface area contributed by atoms with Crippen LogP contribution in [0.2, 0.25) is 0 Å². The Kier molecular flexibility index (Phi) is 5.45. The van der Waals surface area contributed by atoms with Crippen LogP contribution < -0.4 is 10.6 Å². The molecule has 0 saturated carbocycles. The zero-order chi connectivity index (χ0) is 12.8. The molecule has 1 amide bonds. The number of piperidine rings is 1. The number of likely N-dealkylation sites (N-methyl/N-ethyl adjacent to an activating group) is 1. The van der Waals surface area contributed by atoms with Crippen LogP contribution in [0.3, 0.4) is 0 Å². The molecule has 2 rings (SSSR count). The van der Waals surface area contributed by atoms with Crippen LogP contribution >= 0.6 is 0 Å². The van der Waals surface area contributed by atoms with Gasteiger partial charge in [-0.15, -0.1) is 0 Å². The molecule has 2 atom stereocenters. The lowest BCUT2D eigenvalue weighted by molar-refractivity contribution is -0.121. The molecule has 4 nitrogen and oxygen atoms in total. The average molecular weight is 253 g/mol. The fourth-order valence-electron chi connectivity index (χ4n) is 3.06. The van der Waals surface area contributed by atoms with Crippen molar-refractivity contribution in [1.29, 1.82) is 0 Å². The maximum atomic E-state index is 11.8. The summed E-state index contributed by atoms with van der Waals surface area (Å²) in [6, 6.07) is 0.560. The molecule has 0 spiro atoms. The van der Waals surface area contributed by atoms with Crippen molar-refractivity contribution in [1.82, 2.24) is 15.5 Å². The van der Waals surface area contributed by atoms with E-state index in [4.69, 9.17) is 0 Å². The van der Waals surface area contributed by atoms with Crippen molar-refractivity contribution in [3.63, 3.8) is 0 Å². The van der Waals surface area contributed by atoms with Crippen molar-refractivity contribution in [2.75, 3.05) is 33.2 Å². The predicted molar refractivity (Wildman–Crippen MR) is 73.5 cm³/mol. The number of likely N-dealkylation sites (tertiary alicyclic amines) is 1. The number of nitrogens with zero attached hydrogens (tertiary/aromatic N) is 1. The summed E-state index contributed by atoms with van der Waals surface area (Å²) < 4.78 is 0. The highest BCUT2D eigenvalue weighted by atomic mass is 16.1. The first kappa shape index (κ1) is 13.8. The van der Waals surface area contributed by atoms with Gasteiger partial charge >= 0.3 is 0 Å². The third kappa shape index (κ3) is 4.25. The Bertz CT molecular complexity index is 264. The summed E-state index contributed by atoms with van der Waals surface area (Å²) in [7, 11) is 2.15. The van der Waals surface area contributed by atoms with Crippen molar-refractivity contribution in [3.8, 4) is 0 Å². The third-order valence-electron chi connectivity index (χ3n) is 4.38. The molecule has 4 heteroatoms.